The van der Waals surface area contributed by atoms with E-state index < -0.39 is 11.9 Å². The molecule has 0 aromatic heterocycles. The number of halogens is 1. The summed E-state index contributed by atoms with van der Waals surface area (Å²) in [6.07, 6.45) is 0. The number of benzene rings is 2. The third kappa shape index (κ3) is 4.98. The number of ether oxygens (including phenoxy) is 2. The fourth-order valence-electron chi connectivity index (χ4n) is 2.70. The normalized spacial score (nSPS) is 13.7. The summed E-state index contributed by atoms with van der Waals surface area (Å²) in [6.45, 7) is 2.64. The molecule has 3 rings (SSSR count). The molecule has 148 valence electrons. The molecule has 0 aliphatic carbocycles. The van der Waals surface area contributed by atoms with Crippen molar-refractivity contribution in [2.75, 3.05) is 37.4 Å². The number of hydrogen-bond donors (Lipinski definition) is 2. The van der Waals surface area contributed by atoms with Gasteiger partial charge < -0.3 is 20.1 Å². The molecule has 28 heavy (non-hydrogen) atoms. The maximum absolute atomic E-state index is 13.2. The first-order valence-corrected chi connectivity index (χ1v) is 8.88. The second kappa shape index (κ2) is 8.71. The van der Waals surface area contributed by atoms with Crippen LogP contribution in [0.3, 0.4) is 0 Å². The molecule has 0 bridgehead atoms. The van der Waals surface area contributed by atoms with Crippen molar-refractivity contribution < 1.29 is 23.5 Å². The number of fused-ring (bicyclic) bond motifs is 1. The Labute approximate surface area is 162 Å². The lowest BCUT2D eigenvalue weighted by Gasteiger charge is -2.24. The zero-order valence-corrected chi connectivity index (χ0v) is 15.7. The van der Waals surface area contributed by atoms with E-state index in [1.807, 2.05) is 0 Å². The van der Waals surface area contributed by atoms with Crippen molar-refractivity contribution in [3.8, 4) is 11.5 Å². The van der Waals surface area contributed by atoms with Gasteiger partial charge in [-0.3, -0.25) is 14.5 Å². The molecule has 0 spiro atoms. The van der Waals surface area contributed by atoms with Crippen LogP contribution in [-0.4, -0.2) is 49.6 Å². The highest BCUT2D eigenvalue weighted by molar-refractivity contribution is 5.96. The second-order valence-corrected chi connectivity index (χ2v) is 6.50. The Morgan fingerprint density at radius 3 is 2.54 bits per heavy atom. The molecule has 1 heterocycles. The zero-order chi connectivity index (χ0) is 20.1. The largest absolute Gasteiger partial charge is 0.486 e. The van der Waals surface area contributed by atoms with Crippen molar-refractivity contribution in [3.05, 3.63) is 48.3 Å². The third-order valence-electron chi connectivity index (χ3n) is 4.35. The van der Waals surface area contributed by atoms with Gasteiger partial charge in [0, 0.05) is 17.4 Å². The van der Waals surface area contributed by atoms with Crippen LogP contribution < -0.4 is 20.1 Å². The fraction of sp³-hybridized carbons (Fsp3) is 0.300. The summed E-state index contributed by atoms with van der Waals surface area (Å²) >= 11 is 0. The summed E-state index contributed by atoms with van der Waals surface area (Å²) in [6, 6.07) is 10.3. The third-order valence-corrected chi connectivity index (χ3v) is 4.35. The Balaban J connectivity index is 1.54. The van der Waals surface area contributed by atoms with Crippen LogP contribution in [0.4, 0.5) is 15.8 Å². The van der Waals surface area contributed by atoms with Gasteiger partial charge in [0.15, 0.2) is 11.5 Å². The molecule has 1 aliphatic rings. The van der Waals surface area contributed by atoms with Gasteiger partial charge in [-0.25, -0.2) is 4.39 Å². The zero-order valence-electron chi connectivity index (χ0n) is 15.7. The number of nitrogens with one attached hydrogen (secondary N) is 2. The SMILES string of the molecule is C[C@@H](C(=O)Nc1ccc2c(c1)OCCO2)N(C)CC(=O)Nc1cccc(F)c1. The van der Waals surface area contributed by atoms with Crippen molar-refractivity contribution in [2.24, 2.45) is 0 Å². The number of rotatable bonds is 6. The maximum atomic E-state index is 13.2. The van der Waals surface area contributed by atoms with E-state index >= 15 is 0 Å². The van der Waals surface area contributed by atoms with Crippen molar-refractivity contribution in [2.45, 2.75) is 13.0 Å². The fourth-order valence-corrected chi connectivity index (χ4v) is 2.70. The molecule has 0 saturated heterocycles. The van der Waals surface area contributed by atoms with E-state index in [4.69, 9.17) is 9.47 Å². The smallest absolute Gasteiger partial charge is 0.241 e. The number of amides is 2. The summed E-state index contributed by atoms with van der Waals surface area (Å²) in [5, 5.41) is 5.41. The quantitative estimate of drug-likeness (QED) is 0.796. The lowest BCUT2D eigenvalue weighted by Crippen LogP contribution is -2.43. The van der Waals surface area contributed by atoms with Gasteiger partial charge in [-0.05, 0) is 44.3 Å². The number of carbonyl (C=O) groups excluding carboxylic acids is 2. The van der Waals surface area contributed by atoms with Crippen molar-refractivity contribution in [1.29, 1.82) is 0 Å². The molecule has 8 heteroatoms. The van der Waals surface area contributed by atoms with Crippen molar-refractivity contribution >= 4 is 23.2 Å². The molecule has 2 aromatic carbocycles. The van der Waals surface area contributed by atoms with Gasteiger partial charge in [0.1, 0.15) is 19.0 Å². The Morgan fingerprint density at radius 2 is 1.79 bits per heavy atom. The molecule has 0 fully saturated rings. The first kappa shape index (κ1) is 19.6. The van der Waals surface area contributed by atoms with Gasteiger partial charge in [0.25, 0.3) is 0 Å². The Hall–Kier alpha value is -3.13. The summed E-state index contributed by atoms with van der Waals surface area (Å²) in [5.74, 6) is 0.186. The standard InChI is InChI=1S/C20H22FN3O4/c1-13(24(2)12-19(25)22-15-5-3-4-14(21)10-15)20(26)23-16-6-7-17-18(11-16)28-9-8-27-17/h3-7,10-11,13H,8-9,12H2,1-2H3,(H,22,25)(H,23,26)/t13-/m0/s1. The molecule has 2 aromatic rings. The van der Waals surface area contributed by atoms with Gasteiger partial charge in [-0.2, -0.15) is 0 Å². The minimum Gasteiger partial charge on any atom is -0.486 e. The van der Waals surface area contributed by atoms with Gasteiger partial charge in [-0.1, -0.05) is 6.07 Å². The molecule has 2 N–H and O–H groups in total. The van der Waals surface area contributed by atoms with Crippen LogP contribution >= 0.6 is 0 Å². The lowest BCUT2D eigenvalue weighted by atomic mass is 10.2. The van der Waals surface area contributed by atoms with Gasteiger partial charge in [0.05, 0.1) is 12.6 Å². The van der Waals surface area contributed by atoms with Gasteiger partial charge in [0.2, 0.25) is 11.8 Å². The molecule has 1 aliphatic heterocycles. The second-order valence-electron chi connectivity index (χ2n) is 6.50. The topological polar surface area (TPSA) is 79.9 Å². The highest BCUT2D eigenvalue weighted by atomic mass is 19.1. The average Bonchev–Trinajstić information content (AvgIpc) is 2.67. The first-order valence-electron chi connectivity index (χ1n) is 8.88. The first-order chi connectivity index (χ1) is 13.4. The minimum absolute atomic E-state index is 0.0216. The Bertz CT molecular complexity index is 874. The summed E-state index contributed by atoms with van der Waals surface area (Å²) < 4.78 is 24.2. The van der Waals surface area contributed by atoms with Crippen molar-refractivity contribution in [3.63, 3.8) is 0 Å². The predicted molar refractivity (Wildman–Crippen MR) is 103 cm³/mol. The molecule has 0 saturated carbocycles. The monoisotopic (exact) mass is 387 g/mol. The summed E-state index contributed by atoms with van der Waals surface area (Å²) in [4.78, 5) is 26.2. The number of likely N-dealkylation sites (N-methyl/N-ethyl adjacent to an activating group) is 1. The summed E-state index contributed by atoms with van der Waals surface area (Å²) in [5.41, 5.74) is 0.950. The van der Waals surface area contributed by atoms with Crippen LogP contribution in [-0.2, 0) is 9.59 Å². The van der Waals surface area contributed by atoms with Crippen LogP contribution in [0.1, 0.15) is 6.92 Å². The van der Waals surface area contributed by atoms with E-state index in [0.29, 0.717) is 36.1 Å². The average molecular weight is 387 g/mol. The van der Waals surface area contributed by atoms with Crippen LogP contribution in [0.5, 0.6) is 11.5 Å². The molecule has 0 unspecified atom stereocenters. The van der Waals surface area contributed by atoms with Gasteiger partial charge in [-0.15, -0.1) is 0 Å². The summed E-state index contributed by atoms with van der Waals surface area (Å²) in [7, 11) is 1.67. The molecular formula is C20H22FN3O4. The number of anilines is 2. The van der Waals surface area contributed by atoms with Crippen LogP contribution in [0.15, 0.2) is 42.5 Å². The minimum atomic E-state index is -0.563. The maximum Gasteiger partial charge on any atom is 0.241 e. The van der Waals surface area contributed by atoms with E-state index in [2.05, 4.69) is 10.6 Å². The van der Waals surface area contributed by atoms with E-state index in [0.717, 1.165) is 0 Å². The number of nitrogens with zero attached hydrogens (tertiary/aromatic N) is 1. The molecule has 1 atom stereocenters. The molecule has 7 nitrogen and oxygen atoms in total. The van der Waals surface area contributed by atoms with E-state index in [1.165, 1.54) is 18.2 Å². The lowest BCUT2D eigenvalue weighted by molar-refractivity contribution is -0.122. The van der Waals surface area contributed by atoms with E-state index in [-0.39, 0.29) is 18.4 Å². The molecule has 2 amide bonds. The van der Waals surface area contributed by atoms with Gasteiger partial charge >= 0.3 is 0 Å². The Kier molecular flexibility index (Phi) is 6.10. The molecular weight excluding hydrogens is 365 g/mol. The van der Waals surface area contributed by atoms with E-state index in [1.54, 1.807) is 43.1 Å². The predicted octanol–water partition coefficient (Wildman–Crippen LogP) is 2.49. The van der Waals surface area contributed by atoms with Crippen LogP contribution in [0.2, 0.25) is 0 Å². The van der Waals surface area contributed by atoms with E-state index in [9.17, 15) is 14.0 Å². The van der Waals surface area contributed by atoms with Crippen molar-refractivity contribution in [1.82, 2.24) is 4.90 Å². The highest BCUT2D eigenvalue weighted by Crippen LogP contribution is 2.32. The van der Waals surface area contributed by atoms with Crippen LogP contribution in [0, 0.1) is 5.82 Å². The van der Waals surface area contributed by atoms with Crippen LogP contribution in [0.25, 0.3) is 0 Å². The number of carbonyl (C=O) groups is 2. The Morgan fingerprint density at radius 1 is 1.07 bits per heavy atom. The number of hydrogen-bond acceptors (Lipinski definition) is 5. The highest BCUT2D eigenvalue weighted by Gasteiger charge is 2.21. The molecule has 0 radical (unpaired) electrons.